The standard InChI is InChI=1S/C9H18BrNOS/c1-9(2)7-11(6-8(9)10)4-5-13(3)12/h8H,4-7H2,1-3H3. The zero-order valence-corrected chi connectivity index (χ0v) is 10.9. The number of rotatable bonds is 3. The molecule has 78 valence electrons. The summed E-state index contributed by atoms with van der Waals surface area (Å²) < 4.78 is 10.9. The Labute approximate surface area is 91.7 Å². The van der Waals surface area contributed by atoms with Gasteiger partial charge in [-0.25, -0.2) is 0 Å². The van der Waals surface area contributed by atoms with Crippen LogP contribution in [0.3, 0.4) is 0 Å². The third-order valence-electron chi connectivity index (χ3n) is 2.59. The van der Waals surface area contributed by atoms with Gasteiger partial charge in [0.1, 0.15) is 0 Å². The van der Waals surface area contributed by atoms with E-state index in [-0.39, 0.29) is 0 Å². The average Bonchev–Trinajstić information content (AvgIpc) is 2.22. The largest absolute Gasteiger partial charge is 0.301 e. The van der Waals surface area contributed by atoms with E-state index in [9.17, 15) is 4.21 Å². The summed E-state index contributed by atoms with van der Waals surface area (Å²) in [5, 5.41) is 0. The highest BCUT2D eigenvalue weighted by atomic mass is 79.9. The third-order valence-corrected chi connectivity index (χ3v) is 4.88. The van der Waals surface area contributed by atoms with E-state index in [0.717, 1.165) is 25.4 Å². The Morgan fingerprint density at radius 2 is 2.23 bits per heavy atom. The van der Waals surface area contributed by atoms with E-state index in [1.165, 1.54) is 0 Å². The van der Waals surface area contributed by atoms with Crippen LogP contribution >= 0.6 is 15.9 Å². The molecule has 0 aromatic carbocycles. The average molecular weight is 268 g/mol. The third kappa shape index (κ3) is 3.33. The number of likely N-dealkylation sites (tertiary alicyclic amines) is 1. The molecule has 0 aliphatic carbocycles. The van der Waals surface area contributed by atoms with Gasteiger partial charge >= 0.3 is 0 Å². The molecule has 2 unspecified atom stereocenters. The van der Waals surface area contributed by atoms with Gasteiger partial charge in [0, 0.05) is 47.3 Å². The lowest BCUT2D eigenvalue weighted by Crippen LogP contribution is -2.27. The molecule has 0 bridgehead atoms. The van der Waals surface area contributed by atoms with Crippen molar-refractivity contribution in [3.05, 3.63) is 0 Å². The summed E-state index contributed by atoms with van der Waals surface area (Å²) in [6.07, 6.45) is 1.77. The van der Waals surface area contributed by atoms with Crippen LogP contribution in [0.25, 0.3) is 0 Å². The topological polar surface area (TPSA) is 20.3 Å². The predicted octanol–water partition coefficient (Wildman–Crippen LogP) is 1.47. The van der Waals surface area contributed by atoms with Crippen molar-refractivity contribution in [2.24, 2.45) is 5.41 Å². The van der Waals surface area contributed by atoms with Crippen molar-refractivity contribution in [2.45, 2.75) is 18.7 Å². The van der Waals surface area contributed by atoms with Gasteiger partial charge in [0.2, 0.25) is 0 Å². The van der Waals surface area contributed by atoms with Gasteiger partial charge in [-0.05, 0) is 5.41 Å². The molecule has 0 spiro atoms. The van der Waals surface area contributed by atoms with Crippen LogP contribution < -0.4 is 0 Å². The molecule has 0 aromatic heterocycles. The van der Waals surface area contributed by atoms with Crippen LogP contribution in [0, 0.1) is 5.41 Å². The lowest BCUT2D eigenvalue weighted by Gasteiger charge is -2.21. The lowest BCUT2D eigenvalue weighted by molar-refractivity contribution is 0.306. The molecule has 13 heavy (non-hydrogen) atoms. The van der Waals surface area contributed by atoms with Crippen LogP contribution in [-0.4, -0.2) is 45.6 Å². The summed E-state index contributed by atoms with van der Waals surface area (Å²) in [6, 6.07) is 0. The molecule has 1 saturated heterocycles. The van der Waals surface area contributed by atoms with Gasteiger partial charge in [0.25, 0.3) is 0 Å². The normalized spacial score (nSPS) is 30.6. The van der Waals surface area contributed by atoms with Gasteiger partial charge in [-0.15, -0.1) is 0 Å². The van der Waals surface area contributed by atoms with Crippen molar-refractivity contribution in [1.82, 2.24) is 4.90 Å². The molecule has 1 heterocycles. The highest BCUT2D eigenvalue weighted by molar-refractivity contribution is 9.09. The van der Waals surface area contributed by atoms with E-state index in [0.29, 0.717) is 10.2 Å². The van der Waals surface area contributed by atoms with Crippen LogP contribution in [0.2, 0.25) is 0 Å². The van der Waals surface area contributed by atoms with Gasteiger partial charge in [-0.3, -0.25) is 4.21 Å². The molecular weight excluding hydrogens is 250 g/mol. The first kappa shape index (κ1) is 11.7. The van der Waals surface area contributed by atoms with Crippen LogP contribution in [0.4, 0.5) is 0 Å². The maximum absolute atomic E-state index is 10.9. The summed E-state index contributed by atoms with van der Waals surface area (Å²) in [7, 11) is -0.655. The number of alkyl halides is 1. The molecule has 1 rings (SSSR count). The molecule has 4 heteroatoms. The summed E-state index contributed by atoms with van der Waals surface area (Å²) in [5.41, 5.74) is 0.356. The fourth-order valence-electron chi connectivity index (χ4n) is 1.64. The van der Waals surface area contributed by atoms with Crippen molar-refractivity contribution >= 4 is 26.7 Å². The second kappa shape index (κ2) is 4.41. The van der Waals surface area contributed by atoms with E-state index < -0.39 is 10.8 Å². The number of hydrogen-bond acceptors (Lipinski definition) is 2. The molecule has 2 atom stereocenters. The Balaban J connectivity index is 2.36. The molecule has 0 N–H and O–H groups in total. The zero-order valence-electron chi connectivity index (χ0n) is 8.55. The molecule has 2 nitrogen and oxygen atoms in total. The van der Waals surface area contributed by atoms with Crippen molar-refractivity contribution < 1.29 is 4.21 Å². The minimum Gasteiger partial charge on any atom is -0.301 e. The van der Waals surface area contributed by atoms with E-state index in [4.69, 9.17) is 0 Å². The van der Waals surface area contributed by atoms with E-state index in [2.05, 4.69) is 34.7 Å². The number of halogens is 1. The Bertz CT molecular complexity index is 208. The van der Waals surface area contributed by atoms with Crippen LogP contribution in [0.1, 0.15) is 13.8 Å². The molecular formula is C9H18BrNOS. The molecule has 1 aliphatic heterocycles. The van der Waals surface area contributed by atoms with E-state index in [1.54, 1.807) is 6.26 Å². The van der Waals surface area contributed by atoms with Crippen molar-refractivity contribution in [3.63, 3.8) is 0 Å². The van der Waals surface area contributed by atoms with Gasteiger partial charge in [0.05, 0.1) is 0 Å². The fourth-order valence-corrected chi connectivity index (χ4v) is 2.71. The molecule has 0 saturated carbocycles. The summed E-state index contributed by atoms with van der Waals surface area (Å²) in [4.78, 5) is 2.96. The number of hydrogen-bond donors (Lipinski definition) is 0. The molecule has 0 amide bonds. The van der Waals surface area contributed by atoms with Crippen LogP contribution in [0.5, 0.6) is 0 Å². The first-order valence-corrected chi connectivity index (χ1v) is 7.22. The Hall–Kier alpha value is 0.590. The van der Waals surface area contributed by atoms with Crippen molar-refractivity contribution in [1.29, 1.82) is 0 Å². The minimum absolute atomic E-state index is 0.356. The first-order chi connectivity index (χ1) is 5.92. The maximum atomic E-state index is 10.9. The smallest absolute Gasteiger partial charge is 0.0359 e. The molecule has 0 aromatic rings. The van der Waals surface area contributed by atoms with Crippen LogP contribution in [0.15, 0.2) is 0 Å². The van der Waals surface area contributed by atoms with E-state index in [1.807, 2.05) is 0 Å². The molecule has 1 fully saturated rings. The lowest BCUT2D eigenvalue weighted by atomic mass is 9.93. The minimum atomic E-state index is -0.655. The van der Waals surface area contributed by atoms with Crippen molar-refractivity contribution in [2.75, 3.05) is 31.6 Å². The van der Waals surface area contributed by atoms with Crippen molar-refractivity contribution in [3.8, 4) is 0 Å². The Morgan fingerprint density at radius 3 is 2.62 bits per heavy atom. The number of nitrogens with zero attached hydrogens (tertiary/aromatic N) is 1. The quantitative estimate of drug-likeness (QED) is 0.722. The van der Waals surface area contributed by atoms with E-state index >= 15 is 0 Å². The fraction of sp³-hybridized carbons (Fsp3) is 1.00. The second-order valence-electron chi connectivity index (χ2n) is 4.47. The summed E-state index contributed by atoms with van der Waals surface area (Å²) in [6.45, 7) is 7.71. The summed E-state index contributed by atoms with van der Waals surface area (Å²) >= 11 is 3.69. The summed E-state index contributed by atoms with van der Waals surface area (Å²) in [5.74, 6) is 0.801. The predicted molar refractivity (Wildman–Crippen MR) is 61.9 cm³/mol. The monoisotopic (exact) mass is 267 g/mol. The Kier molecular flexibility index (Phi) is 3.95. The van der Waals surface area contributed by atoms with Gasteiger partial charge in [-0.1, -0.05) is 29.8 Å². The van der Waals surface area contributed by atoms with Gasteiger partial charge in [-0.2, -0.15) is 0 Å². The highest BCUT2D eigenvalue weighted by Gasteiger charge is 2.37. The van der Waals surface area contributed by atoms with Gasteiger partial charge in [0.15, 0.2) is 0 Å². The van der Waals surface area contributed by atoms with Crippen LogP contribution in [-0.2, 0) is 10.8 Å². The second-order valence-corrected chi connectivity index (χ2v) is 7.13. The molecule has 0 radical (unpaired) electrons. The Morgan fingerprint density at radius 1 is 1.62 bits per heavy atom. The highest BCUT2D eigenvalue weighted by Crippen LogP contribution is 2.34. The first-order valence-electron chi connectivity index (χ1n) is 4.58. The maximum Gasteiger partial charge on any atom is 0.0359 e. The zero-order chi connectivity index (χ0) is 10.1. The van der Waals surface area contributed by atoms with Gasteiger partial charge < -0.3 is 4.90 Å². The SMILES string of the molecule is CS(=O)CCN1CC(Br)C(C)(C)C1. The molecule has 1 aliphatic rings.